The molecule has 0 saturated heterocycles. The van der Waals surface area contributed by atoms with Gasteiger partial charge in [0.05, 0.1) is 17.9 Å². The van der Waals surface area contributed by atoms with Crippen LogP contribution in [-0.2, 0) is 4.79 Å². The van der Waals surface area contributed by atoms with Gasteiger partial charge in [-0.3, -0.25) is 4.79 Å². The lowest BCUT2D eigenvalue weighted by Gasteiger charge is -2.29. The molecule has 1 saturated carbocycles. The molecule has 0 spiro atoms. The number of imidazole rings is 1. The van der Waals surface area contributed by atoms with Crippen molar-refractivity contribution in [2.45, 2.75) is 70.4 Å². The van der Waals surface area contributed by atoms with Crippen LogP contribution < -0.4 is 21.3 Å². The fourth-order valence-electron chi connectivity index (χ4n) is 5.33. The molecule has 0 unspecified atom stereocenters. The van der Waals surface area contributed by atoms with Crippen molar-refractivity contribution in [1.29, 1.82) is 0 Å². The molecule has 5 N–H and O–H groups in total. The van der Waals surface area contributed by atoms with Crippen molar-refractivity contribution in [3.05, 3.63) is 30.2 Å². The first-order valence-corrected chi connectivity index (χ1v) is 12.7. The molecule has 2 atom stereocenters. The summed E-state index contributed by atoms with van der Waals surface area (Å²) in [6, 6.07) is 6.67. The van der Waals surface area contributed by atoms with Gasteiger partial charge in [-0.1, -0.05) is 12.8 Å². The van der Waals surface area contributed by atoms with E-state index in [0.717, 1.165) is 86.4 Å². The Morgan fingerprint density at radius 1 is 1.09 bits per heavy atom. The summed E-state index contributed by atoms with van der Waals surface area (Å²) < 4.78 is 0. The number of aromatic nitrogens is 2. The Kier molecular flexibility index (Phi) is 7.91. The number of carbonyl (C=O) groups is 1. The monoisotopic (exact) mass is 452 g/mol. The minimum Gasteiger partial charge on any atom is -0.388 e. The number of rotatable bonds is 5. The zero-order valence-electron chi connectivity index (χ0n) is 20.3. The normalized spacial score (nSPS) is 25.7. The summed E-state index contributed by atoms with van der Waals surface area (Å²) in [7, 11) is 3.95. The van der Waals surface area contributed by atoms with Crippen LogP contribution in [0.3, 0.4) is 0 Å². The molecule has 0 radical (unpaired) electrons. The Bertz CT molecular complexity index is 917. The maximum absolute atomic E-state index is 13.2. The van der Waals surface area contributed by atoms with Crippen LogP contribution in [0.5, 0.6) is 0 Å². The molecule has 4 rings (SSSR count). The molecule has 1 aliphatic heterocycles. The number of nitrogens with one attached hydrogen (secondary N) is 5. The molecule has 33 heavy (non-hydrogen) atoms. The zero-order valence-corrected chi connectivity index (χ0v) is 20.3. The van der Waals surface area contributed by atoms with Gasteiger partial charge < -0.3 is 26.3 Å². The first-order chi connectivity index (χ1) is 16.1. The molecule has 1 aliphatic carbocycles. The minimum absolute atomic E-state index is 0.0657. The summed E-state index contributed by atoms with van der Waals surface area (Å²) in [5.41, 5.74) is 4.27. The lowest BCUT2D eigenvalue weighted by Crippen LogP contribution is -2.37. The number of carbonyl (C=O) groups excluding carboxylic acids is 1. The maximum atomic E-state index is 13.2. The molecule has 2 aliphatic rings. The largest absolute Gasteiger partial charge is 0.388 e. The highest BCUT2D eigenvalue weighted by Crippen LogP contribution is 2.33. The number of anilines is 2. The van der Waals surface area contributed by atoms with E-state index < -0.39 is 0 Å². The van der Waals surface area contributed by atoms with E-state index in [1.807, 2.05) is 20.3 Å². The summed E-state index contributed by atoms with van der Waals surface area (Å²) >= 11 is 0. The highest BCUT2D eigenvalue weighted by atomic mass is 16.1. The zero-order chi connectivity index (χ0) is 23.2. The Balaban J connectivity index is 1.52. The van der Waals surface area contributed by atoms with Gasteiger partial charge in [-0.2, -0.15) is 0 Å². The number of hydrogen-bond acceptors (Lipinski definition) is 5. The number of aromatic amines is 1. The van der Waals surface area contributed by atoms with Crippen LogP contribution in [0, 0.1) is 11.8 Å². The van der Waals surface area contributed by atoms with Crippen molar-refractivity contribution in [2.75, 3.05) is 31.3 Å². The molecule has 2 heterocycles. The molecule has 2 aromatic rings. The Hall–Kier alpha value is -2.54. The van der Waals surface area contributed by atoms with E-state index in [9.17, 15) is 4.79 Å². The summed E-state index contributed by atoms with van der Waals surface area (Å²) in [6.45, 7) is 3.29. The van der Waals surface area contributed by atoms with Crippen LogP contribution in [-0.4, -0.2) is 42.6 Å². The van der Waals surface area contributed by atoms with E-state index in [0.29, 0.717) is 12.0 Å². The summed E-state index contributed by atoms with van der Waals surface area (Å²) in [5, 5.41) is 13.6. The number of fused-ring (bicyclic) bond motifs is 4. The van der Waals surface area contributed by atoms with Crippen molar-refractivity contribution in [1.82, 2.24) is 20.6 Å². The molecule has 7 nitrogen and oxygen atoms in total. The predicted octanol–water partition coefficient (Wildman–Crippen LogP) is 4.68. The number of amides is 1. The Morgan fingerprint density at radius 2 is 1.88 bits per heavy atom. The quantitative estimate of drug-likeness (QED) is 0.454. The molecule has 1 aromatic heterocycles. The van der Waals surface area contributed by atoms with Gasteiger partial charge in [-0.25, -0.2) is 4.98 Å². The minimum atomic E-state index is -0.0657. The van der Waals surface area contributed by atoms with Crippen LogP contribution in [0.4, 0.5) is 11.4 Å². The van der Waals surface area contributed by atoms with E-state index in [4.69, 9.17) is 4.98 Å². The second-order valence-electron chi connectivity index (χ2n) is 9.86. The average Bonchev–Trinajstić information content (AvgIpc) is 3.31. The van der Waals surface area contributed by atoms with Gasteiger partial charge >= 0.3 is 0 Å². The summed E-state index contributed by atoms with van der Waals surface area (Å²) in [4.78, 5) is 21.4. The summed E-state index contributed by atoms with van der Waals surface area (Å²) in [5.74, 6) is 1.88. The maximum Gasteiger partial charge on any atom is 0.223 e. The van der Waals surface area contributed by atoms with E-state index in [2.05, 4.69) is 51.4 Å². The molecule has 180 valence electrons. The van der Waals surface area contributed by atoms with Crippen LogP contribution in [0.15, 0.2) is 24.4 Å². The topological polar surface area (TPSA) is 93.9 Å². The van der Waals surface area contributed by atoms with Gasteiger partial charge in [0.15, 0.2) is 0 Å². The van der Waals surface area contributed by atoms with E-state index in [-0.39, 0.29) is 17.9 Å². The van der Waals surface area contributed by atoms with Gasteiger partial charge in [-0.05, 0) is 83.2 Å². The van der Waals surface area contributed by atoms with Gasteiger partial charge in [-0.15, -0.1) is 0 Å². The van der Waals surface area contributed by atoms with E-state index in [1.54, 1.807) is 0 Å². The van der Waals surface area contributed by atoms with Crippen LogP contribution in [0.1, 0.15) is 70.2 Å². The van der Waals surface area contributed by atoms with Gasteiger partial charge in [0.2, 0.25) is 5.91 Å². The van der Waals surface area contributed by atoms with Crippen molar-refractivity contribution < 1.29 is 4.79 Å². The third kappa shape index (κ3) is 5.88. The Morgan fingerprint density at radius 3 is 2.64 bits per heavy atom. The highest BCUT2D eigenvalue weighted by molar-refractivity contribution is 5.80. The van der Waals surface area contributed by atoms with Crippen LogP contribution in [0.2, 0.25) is 0 Å². The molecule has 7 heteroatoms. The fraction of sp³-hybridized carbons (Fsp3) is 0.615. The van der Waals surface area contributed by atoms with Gasteiger partial charge in [0.25, 0.3) is 0 Å². The smallest absolute Gasteiger partial charge is 0.223 e. The molecule has 2 bridgehead atoms. The fourth-order valence-corrected chi connectivity index (χ4v) is 5.33. The number of H-pyrrole nitrogens is 1. The molecular weight excluding hydrogens is 412 g/mol. The van der Waals surface area contributed by atoms with E-state index >= 15 is 0 Å². The lowest BCUT2D eigenvalue weighted by molar-refractivity contribution is -0.127. The number of benzene rings is 1. The lowest BCUT2D eigenvalue weighted by atomic mass is 9.81. The second kappa shape index (κ2) is 11.1. The van der Waals surface area contributed by atoms with Crippen molar-refractivity contribution in [2.24, 2.45) is 11.8 Å². The highest BCUT2D eigenvalue weighted by Gasteiger charge is 2.28. The third-order valence-electron chi connectivity index (χ3n) is 7.33. The second-order valence-corrected chi connectivity index (χ2v) is 9.86. The molecular formula is C26H40N6O. The van der Waals surface area contributed by atoms with Crippen LogP contribution in [0.25, 0.3) is 11.3 Å². The molecule has 1 amide bonds. The van der Waals surface area contributed by atoms with E-state index in [1.165, 1.54) is 0 Å². The number of nitrogens with zero attached hydrogens (tertiary/aromatic N) is 1. The first kappa shape index (κ1) is 23.6. The predicted molar refractivity (Wildman–Crippen MR) is 135 cm³/mol. The standard InChI is InChI=1S/C26H40N6O/c1-17-6-4-5-7-22(32-26(33)19-10-8-18(9-11-19)15-27-2)25-29-16-24(31-25)21-13-12-20(28-3)14-23(21)30-17/h12-14,16-19,22,27-28,30H,4-11,15H2,1-3H3,(H,29,31)(H,32,33)/t17-,18?,19?,22-/m0/s1. The SMILES string of the molecule is CNCC1CCC(C(=O)N[C@H]2CCCC[C@H](C)Nc3cc(NC)ccc3-c3cnc2[nH]3)CC1. The van der Waals surface area contributed by atoms with Gasteiger partial charge in [0, 0.05) is 35.9 Å². The summed E-state index contributed by atoms with van der Waals surface area (Å²) in [6.07, 6.45) is 10.3. The third-order valence-corrected chi connectivity index (χ3v) is 7.33. The van der Waals surface area contributed by atoms with Crippen LogP contribution >= 0.6 is 0 Å². The number of hydrogen-bond donors (Lipinski definition) is 5. The average molecular weight is 453 g/mol. The first-order valence-electron chi connectivity index (χ1n) is 12.7. The van der Waals surface area contributed by atoms with Gasteiger partial charge in [0.1, 0.15) is 5.82 Å². The molecule has 1 fully saturated rings. The Labute approximate surface area is 197 Å². The van der Waals surface area contributed by atoms with Crippen molar-refractivity contribution in [3.63, 3.8) is 0 Å². The van der Waals surface area contributed by atoms with Crippen molar-refractivity contribution >= 4 is 17.3 Å². The van der Waals surface area contributed by atoms with Crippen molar-refractivity contribution in [3.8, 4) is 11.3 Å². The molecule has 1 aromatic carbocycles.